The second-order valence-electron chi connectivity index (χ2n) is 8.35. The van der Waals surface area contributed by atoms with Gasteiger partial charge in [0.15, 0.2) is 0 Å². The summed E-state index contributed by atoms with van der Waals surface area (Å²) in [5.41, 5.74) is 1.53. The second-order valence-corrected chi connectivity index (χ2v) is 8.35. The molecule has 1 N–H and O–H groups in total. The van der Waals surface area contributed by atoms with Crippen LogP contribution >= 0.6 is 0 Å². The molecular formula is C24H45N3O. The summed E-state index contributed by atoms with van der Waals surface area (Å²) in [6, 6.07) is 1.84. The number of rotatable bonds is 18. The van der Waals surface area contributed by atoms with Gasteiger partial charge >= 0.3 is 0 Å². The van der Waals surface area contributed by atoms with Crippen LogP contribution < -0.4 is 5.32 Å². The van der Waals surface area contributed by atoms with Crippen molar-refractivity contribution in [3.8, 4) is 0 Å². The molecule has 1 amide bonds. The Bertz CT molecular complexity index is 510. The minimum absolute atomic E-state index is 0.0101. The number of amides is 1. The summed E-state index contributed by atoms with van der Waals surface area (Å²) < 4.78 is 1.65. The molecule has 0 atom stereocenters. The fourth-order valence-electron chi connectivity index (χ4n) is 3.79. The van der Waals surface area contributed by atoms with Crippen molar-refractivity contribution in [2.24, 2.45) is 7.05 Å². The maximum atomic E-state index is 12.1. The van der Waals surface area contributed by atoms with Crippen molar-refractivity contribution in [1.29, 1.82) is 0 Å². The topological polar surface area (TPSA) is 46.9 Å². The average molecular weight is 392 g/mol. The Labute approximate surface area is 173 Å². The lowest BCUT2D eigenvalue weighted by molar-refractivity contribution is 0.0943. The molecule has 4 nitrogen and oxygen atoms in total. The van der Waals surface area contributed by atoms with Crippen LogP contribution in [0.2, 0.25) is 0 Å². The van der Waals surface area contributed by atoms with Gasteiger partial charge in [0.25, 0.3) is 5.91 Å². The monoisotopic (exact) mass is 391 g/mol. The van der Waals surface area contributed by atoms with Gasteiger partial charge in [-0.1, -0.05) is 103 Å². The molecule has 0 fully saturated rings. The van der Waals surface area contributed by atoms with Gasteiger partial charge < -0.3 is 5.32 Å². The minimum atomic E-state index is -0.0101. The van der Waals surface area contributed by atoms with Crippen molar-refractivity contribution in [3.63, 3.8) is 0 Å². The van der Waals surface area contributed by atoms with E-state index in [9.17, 15) is 4.79 Å². The van der Waals surface area contributed by atoms with Gasteiger partial charge in [0, 0.05) is 13.6 Å². The van der Waals surface area contributed by atoms with E-state index >= 15 is 0 Å². The van der Waals surface area contributed by atoms with Crippen molar-refractivity contribution in [3.05, 3.63) is 17.5 Å². The van der Waals surface area contributed by atoms with Crippen LogP contribution in [0.15, 0.2) is 6.07 Å². The number of nitrogens with one attached hydrogen (secondary N) is 1. The van der Waals surface area contributed by atoms with E-state index in [4.69, 9.17) is 0 Å². The van der Waals surface area contributed by atoms with E-state index in [2.05, 4.69) is 17.3 Å². The molecular weight excluding hydrogens is 346 g/mol. The lowest BCUT2D eigenvalue weighted by Gasteiger charge is -2.06. The van der Waals surface area contributed by atoms with E-state index in [1.807, 2.05) is 20.0 Å². The van der Waals surface area contributed by atoms with Crippen molar-refractivity contribution in [2.45, 2.75) is 117 Å². The molecule has 0 aromatic carbocycles. The van der Waals surface area contributed by atoms with Crippen molar-refractivity contribution < 1.29 is 4.79 Å². The van der Waals surface area contributed by atoms with Crippen molar-refractivity contribution in [2.75, 3.05) is 6.54 Å². The van der Waals surface area contributed by atoms with Crippen LogP contribution in [0.25, 0.3) is 0 Å². The minimum Gasteiger partial charge on any atom is -0.351 e. The van der Waals surface area contributed by atoms with Gasteiger partial charge in [-0.15, -0.1) is 0 Å². The molecule has 0 unspecified atom stereocenters. The number of carbonyl (C=O) groups is 1. The number of aromatic nitrogens is 2. The molecule has 0 saturated heterocycles. The van der Waals surface area contributed by atoms with E-state index in [1.54, 1.807) is 4.68 Å². The molecule has 1 heterocycles. The molecule has 1 aromatic heterocycles. The predicted molar refractivity (Wildman–Crippen MR) is 120 cm³/mol. The van der Waals surface area contributed by atoms with Crippen molar-refractivity contribution in [1.82, 2.24) is 15.1 Å². The molecule has 0 aliphatic heterocycles. The lowest BCUT2D eigenvalue weighted by atomic mass is 10.0. The van der Waals surface area contributed by atoms with Gasteiger partial charge in [-0.25, -0.2) is 0 Å². The van der Waals surface area contributed by atoms with Crippen LogP contribution in [0, 0.1) is 6.92 Å². The first-order valence-corrected chi connectivity index (χ1v) is 11.9. The van der Waals surface area contributed by atoms with Crippen LogP contribution in [-0.2, 0) is 7.05 Å². The summed E-state index contributed by atoms with van der Waals surface area (Å²) in [6.45, 7) is 4.96. The number of hydrogen-bond donors (Lipinski definition) is 1. The highest BCUT2D eigenvalue weighted by atomic mass is 16.2. The molecule has 0 aliphatic carbocycles. The van der Waals surface area contributed by atoms with Gasteiger partial charge in [-0.3, -0.25) is 9.48 Å². The third kappa shape index (κ3) is 12.2. The maximum Gasteiger partial charge on any atom is 0.269 e. The Hall–Kier alpha value is -1.32. The zero-order valence-corrected chi connectivity index (χ0v) is 18.9. The van der Waals surface area contributed by atoms with Gasteiger partial charge in [0.2, 0.25) is 0 Å². The largest absolute Gasteiger partial charge is 0.351 e. The molecule has 0 spiro atoms. The smallest absolute Gasteiger partial charge is 0.269 e. The summed E-state index contributed by atoms with van der Waals surface area (Å²) >= 11 is 0. The Morgan fingerprint density at radius 1 is 0.821 bits per heavy atom. The highest BCUT2D eigenvalue weighted by Gasteiger charge is 2.10. The molecule has 0 aliphatic rings. The lowest BCUT2D eigenvalue weighted by Crippen LogP contribution is -2.26. The maximum absolute atomic E-state index is 12.1. The molecule has 162 valence electrons. The first-order valence-electron chi connectivity index (χ1n) is 11.9. The summed E-state index contributed by atoms with van der Waals surface area (Å²) in [6.07, 6.45) is 21.9. The van der Waals surface area contributed by atoms with E-state index in [0.717, 1.165) is 18.7 Å². The van der Waals surface area contributed by atoms with Gasteiger partial charge in [-0.2, -0.15) is 5.10 Å². The zero-order valence-electron chi connectivity index (χ0n) is 18.9. The van der Waals surface area contributed by atoms with Gasteiger partial charge in [-0.05, 0) is 19.4 Å². The Balaban J connectivity index is 1.80. The standard InChI is InChI=1S/C24H45N3O/c1-4-5-6-7-8-9-10-11-12-13-14-15-16-17-18-19-20-25-24(28)23-21-22(2)26-27(23)3/h21H,4-20H2,1-3H3,(H,25,28). The summed E-state index contributed by atoms with van der Waals surface area (Å²) in [5, 5.41) is 7.22. The van der Waals surface area contributed by atoms with Crippen LogP contribution in [0.5, 0.6) is 0 Å². The molecule has 1 aromatic rings. The van der Waals surface area contributed by atoms with Gasteiger partial charge in [0.1, 0.15) is 5.69 Å². The number of carbonyl (C=O) groups excluding carboxylic acids is 1. The number of aryl methyl sites for hydroxylation is 2. The van der Waals surface area contributed by atoms with Gasteiger partial charge in [0.05, 0.1) is 5.69 Å². The summed E-state index contributed by atoms with van der Waals surface area (Å²) in [7, 11) is 1.82. The number of unbranched alkanes of at least 4 members (excludes halogenated alkanes) is 15. The fourth-order valence-corrected chi connectivity index (χ4v) is 3.79. The first-order chi connectivity index (χ1) is 13.6. The highest BCUT2D eigenvalue weighted by Crippen LogP contribution is 2.13. The van der Waals surface area contributed by atoms with Crippen LogP contribution in [0.1, 0.15) is 126 Å². The van der Waals surface area contributed by atoms with E-state index in [0.29, 0.717) is 5.69 Å². The molecule has 28 heavy (non-hydrogen) atoms. The Morgan fingerprint density at radius 3 is 1.64 bits per heavy atom. The third-order valence-corrected chi connectivity index (χ3v) is 5.55. The first kappa shape index (κ1) is 24.7. The second kappa shape index (κ2) is 16.6. The average Bonchev–Trinajstić information content (AvgIpc) is 3.02. The van der Waals surface area contributed by atoms with E-state index < -0.39 is 0 Å². The summed E-state index contributed by atoms with van der Waals surface area (Å²) in [5.74, 6) is -0.0101. The SMILES string of the molecule is CCCCCCCCCCCCCCCCCCNC(=O)c1cc(C)nn1C. The molecule has 1 rings (SSSR count). The van der Waals surface area contributed by atoms with E-state index in [-0.39, 0.29) is 5.91 Å². The normalized spacial score (nSPS) is 11.1. The quantitative estimate of drug-likeness (QED) is 0.282. The summed E-state index contributed by atoms with van der Waals surface area (Å²) in [4.78, 5) is 12.1. The van der Waals surface area contributed by atoms with E-state index in [1.165, 1.54) is 96.3 Å². The van der Waals surface area contributed by atoms with Crippen LogP contribution in [0.3, 0.4) is 0 Å². The number of nitrogens with zero attached hydrogens (tertiary/aromatic N) is 2. The molecule has 0 bridgehead atoms. The van der Waals surface area contributed by atoms with Crippen molar-refractivity contribution >= 4 is 5.91 Å². The van der Waals surface area contributed by atoms with Crippen LogP contribution in [0.4, 0.5) is 0 Å². The third-order valence-electron chi connectivity index (χ3n) is 5.55. The highest BCUT2D eigenvalue weighted by molar-refractivity contribution is 5.92. The number of hydrogen-bond acceptors (Lipinski definition) is 2. The predicted octanol–water partition coefficient (Wildman–Crippen LogP) is 6.72. The Kier molecular flexibility index (Phi) is 14.7. The molecule has 0 saturated carbocycles. The zero-order chi connectivity index (χ0) is 20.5. The molecule has 4 heteroatoms. The van der Waals surface area contributed by atoms with Crippen LogP contribution in [-0.4, -0.2) is 22.2 Å². The molecule has 0 radical (unpaired) electrons. The fraction of sp³-hybridized carbons (Fsp3) is 0.833. The Morgan fingerprint density at radius 2 is 1.25 bits per heavy atom.